The van der Waals surface area contributed by atoms with E-state index >= 15 is 0 Å². The molecule has 0 aliphatic carbocycles. The van der Waals surface area contributed by atoms with Crippen molar-refractivity contribution < 1.29 is 4.74 Å². The summed E-state index contributed by atoms with van der Waals surface area (Å²) in [5.74, 6) is 1.87. The number of anilines is 1. The molecule has 2 aromatic rings. The van der Waals surface area contributed by atoms with Gasteiger partial charge in [0.2, 0.25) is 0 Å². The van der Waals surface area contributed by atoms with Gasteiger partial charge in [0.15, 0.2) is 11.6 Å². The van der Waals surface area contributed by atoms with Crippen LogP contribution in [0.15, 0.2) is 48.7 Å². The largest absolute Gasteiger partial charge is 0.485 e. The third-order valence-corrected chi connectivity index (χ3v) is 4.08. The smallest absolute Gasteiger partial charge is 0.172 e. The molecule has 0 saturated heterocycles. The van der Waals surface area contributed by atoms with Gasteiger partial charge in [0.25, 0.3) is 0 Å². The Morgan fingerprint density at radius 1 is 1.24 bits per heavy atom. The summed E-state index contributed by atoms with van der Waals surface area (Å²) >= 11 is 0. The van der Waals surface area contributed by atoms with Crippen LogP contribution in [0.1, 0.15) is 38.3 Å². The highest BCUT2D eigenvalue weighted by Gasteiger charge is 2.29. The molecular formula is C18H22N2O. The molecular weight excluding hydrogens is 260 g/mol. The van der Waals surface area contributed by atoms with Crippen LogP contribution < -0.4 is 9.64 Å². The van der Waals surface area contributed by atoms with Crippen LogP contribution >= 0.6 is 0 Å². The normalized spacial score (nSPS) is 18.8. The summed E-state index contributed by atoms with van der Waals surface area (Å²) in [6.07, 6.45) is 4.30. The lowest BCUT2D eigenvalue weighted by molar-refractivity contribution is 0.177. The van der Waals surface area contributed by atoms with E-state index in [0.717, 1.165) is 31.0 Å². The highest BCUT2D eigenvalue weighted by molar-refractivity contribution is 5.55. The van der Waals surface area contributed by atoms with Crippen LogP contribution in [0.4, 0.5) is 5.82 Å². The van der Waals surface area contributed by atoms with Gasteiger partial charge in [0.05, 0.1) is 12.6 Å². The maximum absolute atomic E-state index is 6.08. The Bertz CT molecular complexity index is 585. The van der Waals surface area contributed by atoms with Crippen LogP contribution in [-0.2, 0) is 0 Å². The topological polar surface area (TPSA) is 25.4 Å². The lowest BCUT2D eigenvalue weighted by Crippen LogP contribution is -2.41. The molecule has 21 heavy (non-hydrogen) atoms. The Morgan fingerprint density at radius 3 is 2.81 bits per heavy atom. The fourth-order valence-corrected chi connectivity index (χ4v) is 2.94. The first-order valence-corrected chi connectivity index (χ1v) is 7.73. The zero-order valence-corrected chi connectivity index (χ0v) is 12.7. The number of rotatable bonds is 4. The van der Waals surface area contributed by atoms with Gasteiger partial charge in [-0.2, -0.15) is 0 Å². The van der Waals surface area contributed by atoms with E-state index in [1.807, 2.05) is 18.3 Å². The number of pyridine rings is 1. The van der Waals surface area contributed by atoms with Crippen LogP contribution in [0.25, 0.3) is 0 Å². The van der Waals surface area contributed by atoms with Crippen molar-refractivity contribution in [1.82, 2.24) is 4.98 Å². The quantitative estimate of drug-likeness (QED) is 0.840. The first-order chi connectivity index (χ1) is 10.3. The Kier molecular flexibility index (Phi) is 4.09. The lowest BCUT2D eigenvalue weighted by Gasteiger charge is -2.39. The van der Waals surface area contributed by atoms with Crippen LogP contribution in [0.2, 0.25) is 0 Å². The van der Waals surface area contributed by atoms with E-state index in [2.05, 4.69) is 54.1 Å². The van der Waals surface area contributed by atoms with E-state index in [1.165, 1.54) is 5.56 Å². The molecule has 1 aromatic heterocycles. The average molecular weight is 282 g/mol. The fraction of sp³-hybridized carbons (Fsp3) is 0.389. The highest BCUT2D eigenvalue weighted by Crippen LogP contribution is 2.37. The summed E-state index contributed by atoms with van der Waals surface area (Å²) in [6, 6.07) is 14.9. The second kappa shape index (κ2) is 6.17. The van der Waals surface area contributed by atoms with E-state index in [1.54, 1.807) is 0 Å². The van der Waals surface area contributed by atoms with Gasteiger partial charge in [-0.3, -0.25) is 0 Å². The molecule has 3 heteroatoms. The molecule has 3 nitrogen and oxygen atoms in total. The van der Waals surface area contributed by atoms with Crippen molar-refractivity contribution >= 4 is 5.82 Å². The van der Waals surface area contributed by atoms with Crippen LogP contribution in [-0.4, -0.2) is 17.6 Å². The van der Waals surface area contributed by atoms with Gasteiger partial charge >= 0.3 is 0 Å². The van der Waals surface area contributed by atoms with Gasteiger partial charge in [0, 0.05) is 6.20 Å². The molecule has 0 bridgehead atoms. The Balaban J connectivity index is 1.92. The van der Waals surface area contributed by atoms with Crippen LogP contribution in [0.3, 0.4) is 0 Å². The van der Waals surface area contributed by atoms with E-state index in [0.29, 0.717) is 6.04 Å². The minimum Gasteiger partial charge on any atom is -0.485 e. The molecule has 2 unspecified atom stereocenters. The predicted molar refractivity (Wildman–Crippen MR) is 85.8 cm³/mol. The molecule has 2 heterocycles. The minimum atomic E-state index is 0.248. The number of fused-ring (bicyclic) bond motifs is 1. The van der Waals surface area contributed by atoms with Crippen LogP contribution in [0, 0.1) is 0 Å². The number of ether oxygens (including phenoxy) is 1. The van der Waals surface area contributed by atoms with Crippen molar-refractivity contribution in [1.29, 1.82) is 0 Å². The van der Waals surface area contributed by atoms with Crippen LogP contribution in [0.5, 0.6) is 5.75 Å². The molecule has 110 valence electrons. The van der Waals surface area contributed by atoms with Gasteiger partial charge < -0.3 is 9.64 Å². The van der Waals surface area contributed by atoms with E-state index < -0.39 is 0 Å². The van der Waals surface area contributed by atoms with Gasteiger partial charge in [-0.1, -0.05) is 43.7 Å². The number of aromatic nitrogens is 1. The fourth-order valence-electron chi connectivity index (χ4n) is 2.94. The van der Waals surface area contributed by atoms with Crippen molar-refractivity contribution in [2.45, 2.75) is 38.8 Å². The number of benzene rings is 1. The summed E-state index contributed by atoms with van der Waals surface area (Å²) in [5.41, 5.74) is 1.31. The Morgan fingerprint density at radius 2 is 2.05 bits per heavy atom. The summed E-state index contributed by atoms with van der Waals surface area (Å²) < 4.78 is 6.08. The van der Waals surface area contributed by atoms with Gasteiger partial charge in [-0.05, 0) is 31.0 Å². The maximum atomic E-state index is 6.08. The van der Waals surface area contributed by atoms with Crippen molar-refractivity contribution in [3.8, 4) is 5.75 Å². The zero-order valence-electron chi connectivity index (χ0n) is 12.7. The second-order valence-corrected chi connectivity index (χ2v) is 5.59. The molecule has 3 rings (SSSR count). The van der Waals surface area contributed by atoms with Crippen molar-refractivity contribution in [3.05, 3.63) is 54.2 Å². The lowest BCUT2D eigenvalue weighted by atomic mass is 10.0. The van der Waals surface area contributed by atoms with Crippen molar-refractivity contribution in [2.75, 3.05) is 11.4 Å². The molecule has 0 radical (unpaired) electrons. The molecule has 0 fully saturated rings. The minimum absolute atomic E-state index is 0.248. The van der Waals surface area contributed by atoms with Gasteiger partial charge in [-0.15, -0.1) is 0 Å². The van der Waals surface area contributed by atoms with E-state index in [-0.39, 0.29) is 6.10 Å². The van der Waals surface area contributed by atoms with Gasteiger partial charge in [-0.25, -0.2) is 4.98 Å². The van der Waals surface area contributed by atoms with Crippen molar-refractivity contribution in [3.63, 3.8) is 0 Å². The molecule has 0 N–H and O–H groups in total. The number of hydrogen-bond donors (Lipinski definition) is 0. The number of hydrogen-bond acceptors (Lipinski definition) is 3. The third kappa shape index (κ3) is 2.87. The SMILES string of the molecule is CCCC1CN(C(C)c2ccccc2)c2ncccc2O1. The summed E-state index contributed by atoms with van der Waals surface area (Å²) in [6.45, 7) is 5.34. The molecule has 0 amide bonds. The summed E-state index contributed by atoms with van der Waals surface area (Å²) in [7, 11) is 0. The molecule has 0 spiro atoms. The zero-order chi connectivity index (χ0) is 14.7. The second-order valence-electron chi connectivity index (χ2n) is 5.59. The van der Waals surface area contributed by atoms with E-state index in [4.69, 9.17) is 4.74 Å². The standard InChI is InChI=1S/C18H22N2O/c1-3-8-16-13-20(14(2)15-9-5-4-6-10-15)18-17(21-16)11-7-12-19-18/h4-7,9-12,14,16H,3,8,13H2,1-2H3. The molecule has 0 saturated carbocycles. The predicted octanol–water partition coefficient (Wildman–Crippen LogP) is 4.21. The maximum Gasteiger partial charge on any atom is 0.172 e. The van der Waals surface area contributed by atoms with Crippen molar-refractivity contribution in [2.24, 2.45) is 0 Å². The summed E-state index contributed by atoms with van der Waals surface area (Å²) in [5, 5.41) is 0. The third-order valence-electron chi connectivity index (χ3n) is 4.08. The highest BCUT2D eigenvalue weighted by atomic mass is 16.5. The molecule has 1 aliphatic heterocycles. The average Bonchev–Trinajstić information content (AvgIpc) is 2.54. The first-order valence-electron chi connectivity index (χ1n) is 7.73. The summed E-state index contributed by atoms with van der Waals surface area (Å²) in [4.78, 5) is 6.91. The van der Waals surface area contributed by atoms with E-state index in [9.17, 15) is 0 Å². The monoisotopic (exact) mass is 282 g/mol. The van der Waals surface area contributed by atoms with Gasteiger partial charge in [0.1, 0.15) is 6.10 Å². The molecule has 1 aromatic carbocycles. The number of nitrogens with zero attached hydrogens (tertiary/aromatic N) is 2. The Hall–Kier alpha value is -2.03. The molecule has 2 atom stereocenters. The Labute approximate surface area is 126 Å². The molecule has 1 aliphatic rings. The first kappa shape index (κ1) is 13.9.